The molecule has 0 aliphatic rings. The van der Waals surface area contributed by atoms with E-state index in [0.717, 1.165) is 6.42 Å². The molecule has 0 saturated heterocycles. The van der Waals surface area contributed by atoms with Gasteiger partial charge in [-0.2, -0.15) is 0 Å². The Labute approximate surface area is 54.4 Å². The molecule has 50 valence electrons. The molecule has 0 heterocycles. The van der Waals surface area contributed by atoms with Gasteiger partial charge < -0.3 is 4.52 Å². The van der Waals surface area contributed by atoms with Gasteiger partial charge in [-0.3, -0.25) is 4.57 Å². The molecule has 0 rings (SSSR count). The Kier molecular flexibility index (Phi) is 3.70. The highest BCUT2D eigenvalue weighted by atomic mass is 35.7. The minimum Gasteiger partial charge on any atom is -0.318 e. The SMILES string of the molecule is CCCOP(C)(=O)Cl. The Balaban J connectivity index is 3.26. The topological polar surface area (TPSA) is 26.3 Å². The van der Waals surface area contributed by atoms with Crippen molar-refractivity contribution in [1.82, 2.24) is 0 Å². The number of hydrogen-bond acceptors (Lipinski definition) is 2. The van der Waals surface area contributed by atoms with Crippen LogP contribution >= 0.6 is 18.0 Å². The van der Waals surface area contributed by atoms with Crippen LogP contribution in [0.3, 0.4) is 0 Å². The maximum Gasteiger partial charge on any atom is 0.287 e. The Morgan fingerprint density at radius 3 is 2.38 bits per heavy atom. The summed E-state index contributed by atoms with van der Waals surface area (Å²) in [7, 11) is 0. The van der Waals surface area contributed by atoms with E-state index in [-0.39, 0.29) is 0 Å². The van der Waals surface area contributed by atoms with Crippen LogP contribution in [-0.2, 0) is 9.09 Å². The van der Waals surface area contributed by atoms with E-state index in [9.17, 15) is 4.57 Å². The molecular weight excluding hydrogens is 146 g/mol. The number of hydrogen-bond donors (Lipinski definition) is 0. The quantitative estimate of drug-likeness (QED) is 0.587. The summed E-state index contributed by atoms with van der Waals surface area (Å²) in [6.45, 7) is 1.10. The largest absolute Gasteiger partial charge is 0.318 e. The van der Waals surface area contributed by atoms with Gasteiger partial charge in [-0.05, 0) is 17.7 Å². The van der Waals surface area contributed by atoms with Crippen LogP contribution in [0.15, 0.2) is 0 Å². The first-order valence-corrected chi connectivity index (χ1v) is 5.45. The molecule has 0 saturated carbocycles. The highest BCUT2D eigenvalue weighted by Crippen LogP contribution is 2.47. The minimum absolute atomic E-state index is 0.483. The Hall–Kier alpha value is 0.480. The van der Waals surface area contributed by atoms with Gasteiger partial charge in [-0.1, -0.05) is 6.92 Å². The third-order valence-electron chi connectivity index (χ3n) is 0.526. The van der Waals surface area contributed by atoms with Crippen molar-refractivity contribution in [2.24, 2.45) is 0 Å². The Morgan fingerprint density at radius 2 is 2.25 bits per heavy atom. The second-order valence-corrected chi connectivity index (χ2v) is 5.17. The molecule has 2 nitrogen and oxygen atoms in total. The fourth-order valence-corrected chi connectivity index (χ4v) is 0.970. The zero-order chi connectivity index (χ0) is 6.62. The molecule has 0 aliphatic heterocycles. The molecule has 0 aromatic rings. The van der Waals surface area contributed by atoms with E-state index in [1.807, 2.05) is 6.92 Å². The van der Waals surface area contributed by atoms with E-state index in [2.05, 4.69) is 0 Å². The summed E-state index contributed by atoms with van der Waals surface area (Å²) in [4.78, 5) is 0. The van der Waals surface area contributed by atoms with E-state index >= 15 is 0 Å². The van der Waals surface area contributed by atoms with Crippen LogP contribution in [0.1, 0.15) is 13.3 Å². The van der Waals surface area contributed by atoms with Crippen LogP contribution in [0.5, 0.6) is 0 Å². The highest BCUT2D eigenvalue weighted by molar-refractivity contribution is 7.84. The van der Waals surface area contributed by atoms with Crippen LogP contribution < -0.4 is 0 Å². The molecule has 1 atom stereocenters. The Bertz CT molecular complexity index is 98.2. The molecule has 0 radical (unpaired) electrons. The number of rotatable bonds is 3. The van der Waals surface area contributed by atoms with Crippen molar-refractivity contribution in [1.29, 1.82) is 0 Å². The standard InChI is InChI=1S/C4H10ClO2P/c1-3-4-7-8(2,5)6/h3-4H2,1-2H3. The van der Waals surface area contributed by atoms with Crippen LogP contribution in [0.2, 0.25) is 0 Å². The van der Waals surface area contributed by atoms with Gasteiger partial charge in [0.15, 0.2) is 0 Å². The smallest absolute Gasteiger partial charge is 0.287 e. The average molecular weight is 157 g/mol. The predicted octanol–water partition coefficient (Wildman–Crippen LogP) is 2.47. The van der Waals surface area contributed by atoms with E-state index in [0.29, 0.717) is 6.61 Å². The lowest BCUT2D eigenvalue weighted by atomic mass is 10.5. The van der Waals surface area contributed by atoms with Crippen molar-refractivity contribution in [2.45, 2.75) is 13.3 Å². The molecule has 0 aromatic carbocycles. The molecule has 4 heteroatoms. The second kappa shape index (κ2) is 3.49. The van der Waals surface area contributed by atoms with Crippen LogP contribution in [0.25, 0.3) is 0 Å². The van der Waals surface area contributed by atoms with Gasteiger partial charge in [-0.25, -0.2) is 0 Å². The maximum absolute atomic E-state index is 10.5. The molecule has 0 N–H and O–H groups in total. The number of halogens is 1. The summed E-state index contributed by atoms with van der Waals surface area (Å²) in [6.07, 6.45) is 0.852. The molecule has 1 unspecified atom stereocenters. The summed E-state index contributed by atoms with van der Waals surface area (Å²) in [5.41, 5.74) is 0. The van der Waals surface area contributed by atoms with Gasteiger partial charge >= 0.3 is 0 Å². The molecule has 0 aromatic heterocycles. The third-order valence-corrected chi connectivity index (χ3v) is 1.46. The van der Waals surface area contributed by atoms with Crippen molar-refractivity contribution < 1.29 is 9.09 Å². The van der Waals surface area contributed by atoms with Crippen LogP contribution in [-0.4, -0.2) is 13.3 Å². The van der Waals surface area contributed by atoms with Gasteiger partial charge in [0.1, 0.15) is 0 Å². The van der Waals surface area contributed by atoms with Gasteiger partial charge in [0.25, 0.3) is 6.72 Å². The van der Waals surface area contributed by atoms with Gasteiger partial charge in [0.05, 0.1) is 6.61 Å². The monoisotopic (exact) mass is 156 g/mol. The normalized spacial score (nSPS) is 17.9. The first-order chi connectivity index (χ1) is 3.56. The van der Waals surface area contributed by atoms with Crippen molar-refractivity contribution in [2.75, 3.05) is 13.3 Å². The summed E-state index contributed by atoms with van der Waals surface area (Å²) in [6, 6.07) is 0. The van der Waals surface area contributed by atoms with E-state index < -0.39 is 6.72 Å². The highest BCUT2D eigenvalue weighted by Gasteiger charge is 2.07. The van der Waals surface area contributed by atoms with E-state index in [1.165, 1.54) is 6.66 Å². The lowest BCUT2D eigenvalue weighted by molar-refractivity contribution is 0.327. The molecule has 8 heavy (non-hydrogen) atoms. The third kappa shape index (κ3) is 6.48. The van der Waals surface area contributed by atoms with Crippen molar-refractivity contribution >= 4 is 18.0 Å². The summed E-state index contributed by atoms with van der Waals surface area (Å²) in [5.74, 6) is 0. The fourth-order valence-electron chi connectivity index (χ4n) is 0.254. The summed E-state index contributed by atoms with van der Waals surface area (Å²) >= 11 is 5.25. The zero-order valence-corrected chi connectivity index (χ0v) is 6.71. The molecular formula is C4H10ClO2P. The van der Waals surface area contributed by atoms with Gasteiger partial charge in [-0.15, -0.1) is 0 Å². The first kappa shape index (κ1) is 8.48. The lowest BCUT2D eigenvalue weighted by Gasteiger charge is -2.01. The van der Waals surface area contributed by atoms with Gasteiger partial charge in [0.2, 0.25) is 0 Å². The molecule has 0 bridgehead atoms. The molecule has 0 amide bonds. The minimum atomic E-state index is -2.71. The average Bonchev–Trinajstić information content (AvgIpc) is 1.59. The van der Waals surface area contributed by atoms with Crippen LogP contribution in [0, 0.1) is 0 Å². The molecule has 0 aliphatic carbocycles. The van der Waals surface area contributed by atoms with Gasteiger partial charge in [0, 0.05) is 6.66 Å². The van der Waals surface area contributed by atoms with Crippen molar-refractivity contribution in [3.8, 4) is 0 Å². The van der Waals surface area contributed by atoms with E-state index in [1.54, 1.807) is 0 Å². The Morgan fingerprint density at radius 1 is 1.75 bits per heavy atom. The fraction of sp³-hybridized carbons (Fsp3) is 1.00. The first-order valence-electron chi connectivity index (χ1n) is 2.48. The summed E-state index contributed by atoms with van der Waals surface area (Å²) < 4.78 is 15.2. The van der Waals surface area contributed by atoms with Crippen molar-refractivity contribution in [3.05, 3.63) is 0 Å². The second-order valence-electron chi connectivity index (χ2n) is 1.58. The van der Waals surface area contributed by atoms with Crippen LogP contribution in [0.4, 0.5) is 0 Å². The zero-order valence-electron chi connectivity index (χ0n) is 5.06. The van der Waals surface area contributed by atoms with E-state index in [4.69, 9.17) is 15.8 Å². The lowest BCUT2D eigenvalue weighted by Crippen LogP contribution is -1.83. The molecule has 0 spiro atoms. The predicted molar refractivity (Wildman–Crippen MR) is 35.6 cm³/mol. The molecule has 0 fully saturated rings. The van der Waals surface area contributed by atoms with Crippen molar-refractivity contribution in [3.63, 3.8) is 0 Å². The summed E-state index contributed by atoms with van der Waals surface area (Å²) in [5, 5.41) is 0. The maximum atomic E-state index is 10.5.